The van der Waals surface area contributed by atoms with Crippen LogP contribution in [0.3, 0.4) is 0 Å². The number of aliphatic imine (C=N–C) groups is 8. The number of rotatable bonds is 30. The van der Waals surface area contributed by atoms with Crippen molar-refractivity contribution in [1.29, 1.82) is 0 Å². The molecule has 0 radical (unpaired) electrons. The van der Waals surface area contributed by atoms with Crippen LogP contribution in [0, 0.1) is 0 Å². The Hall–Kier alpha value is -6.32. The average Bonchev–Trinajstić information content (AvgIpc) is 4.27. The van der Waals surface area contributed by atoms with Crippen LogP contribution in [0.1, 0.15) is 190 Å². The van der Waals surface area contributed by atoms with Gasteiger partial charge >= 0.3 is 345 Å². The third-order valence-electron chi connectivity index (χ3n) is 13.5. The predicted octanol–water partition coefficient (Wildman–Crippen LogP) is 11.8. The minimum absolute atomic E-state index is 0.195. The number of hydrogen-bond donors (Lipinski definition) is 2. The molecular weight excluding hydrogens is 1010 g/mol. The molecular formula is C58H74N10O6Se. The molecule has 6 aliphatic heterocycles. The van der Waals surface area contributed by atoms with Gasteiger partial charge in [0.25, 0.3) is 0 Å². The van der Waals surface area contributed by atoms with Crippen molar-refractivity contribution in [2.24, 2.45) is 39.9 Å². The first-order valence-electron chi connectivity index (χ1n) is 27.9. The van der Waals surface area contributed by atoms with Crippen LogP contribution in [0.25, 0.3) is 0 Å². The van der Waals surface area contributed by atoms with Crippen molar-refractivity contribution >= 4 is 62.1 Å². The van der Waals surface area contributed by atoms with Gasteiger partial charge in [-0.25, -0.2) is 0 Å². The van der Waals surface area contributed by atoms with Gasteiger partial charge in [0.1, 0.15) is 0 Å². The minimum atomic E-state index is -0.195. The van der Waals surface area contributed by atoms with Crippen LogP contribution in [0.2, 0.25) is 0 Å². The number of ether oxygens (including phenoxy) is 6. The fourth-order valence-electron chi connectivity index (χ4n) is 9.39. The molecule has 0 unspecified atom stereocenters. The van der Waals surface area contributed by atoms with Crippen LogP contribution in [-0.2, 0) is 0 Å². The third-order valence-corrected chi connectivity index (χ3v) is 14.7. The van der Waals surface area contributed by atoms with Crippen LogP contribution in [0.4, 0.5) is 0 Å². The van der Waals surface area contributed by atoms with Crippen molar-refractivity contribution in [2.45, 2.75) is 157 Å². The van der Waals surface area contributed by atoms with Crippen molar-refractivity contribution in [2.75, 3.05) is 39.6 Å². The fourth-order valence-corrected chi connectivity index (χ4v) is 10.7. The van der Waals surface area contributed by atoms with Gasteiger partial charge in [-0.1, -0.05) is 80.1 Å². The molecule has 17 heteroatoms. The zero-order chi connectivity index (χ0) is 51.9. The summed E-state index contributed by atoms with van der Waals surface area (Å²) in [5, 5.41) is 0. The Balaban J connectivity index is 1.32. The number of amidine groups is 8. The molecule has 0 spiro atoms. The molecule has 0 atom stereocenters. The quantitative estimate of drug-likeness (QED) is 0.0489. The molecule has 6 heterocycles. The average molecular weight is 1090 g/mol. The molecule has 3 aromatic rings. The molecule has 16 nitrogen and oxygen atoms in total. The van der Waals surface area contributed by atoms with Crippen LogP contribution < -0.4 is 37.1 Å². The van der Waals surface area contributed by atoms with E-state index in [1.54, 1.807) is 0 Å². The second-order valence-electron chi connectivity index (χ2n) is 19.3. The topological polar surface area (TPSA) is 178 Å². The van der Waals surface area contributed by atoms with E-state index in [0.29, 0.717) is 154 Å². The summed E-state index contributed by atoms with van der Waals surface area (Å²) in [6.07, 6.45) is 18.0. The molecule has 0 aliphatic carbocycles. The Morgan fingerprint density at radius 3 is 0.680 bits per heavy atom. The first-order chi connectivity index (χ1) is 37.0. The van der Waals surface area contributed by atoms with E-state index < -0.39 is 0 Å². The van der Waals surface area contributed by atoms with Gasteiger partial charge < -0.3 is 0 Å². The van der Waals surface area contributed by atoms with E-state index in [1.165, 1.54) is 0 Å². The van der Waals surface area contributed by atoms with Crippen LogP contribution in [-0.4, -0.2) is 102 Å². The zero-order valence-corrected chi connectivity index (χ0v) is 46.6. The zero-order valence-electron chi connectivity index (χ0n) is 44.9. The molecule has 0 saturated heterocycles. The summed E-state index contributed by atoms with van der Waals surface area (Å²) in [6.45, 7) is 16.2. The summed E-state index contributed by atoms with van der Waals surface area (Å²) in [5.74, 6) is 6.82. The number of unbranched alkanes of at least 4 members (excludes halogenated alkanes) is 12. The Morgan fingerprint density at radius 2 is 0.467 bits per heavy atom. The summed E-state index contributed by atoms with van der Waals surface area (Å²) in [5.41, 5.74) is 5.46. The summed E-state index contributed by atoms with van der Waals surface area (Å²) < 4.78 is 47.1. The van der Waals surface area contributed by atoms with E-state index in [4.69, 9.17) is 68.4 Å². The van der Waals surface area contributed by atoms with Crippen molar-refractivity contribution < 1.29 is 28.4 Å². The number of hydrogen-bond acceptors (Lipinski definition) is 16. The number of nitrogens with zero attached hydrogens (tertiary/aromatic N) is 8. The van der Waals surface area contributed by atoms with Gasteiger partial charge in [-0.15, -0.1) is 0 Å². The number of nitrogens with one attached hydrogen (secondary N) is 2. The van der Waals surface area contributed by atoms with Crippen LogP contribution in [0.15, 0.2) is 87.7 Å². The van der Waals surface area contributed by atoms with Gasteiger partial charge in [0.15, 0.2) is 0 Å². The first kappa shape index (κ1) is 53.5. The van der Waals surface area contributed by atoms with Gasteiger partial charge in [0.2, 0.25) is 0 Å². The molecule has 3 aromatic carbocycles. The number of fused-ring (bicyclic) bond motifs is 15. The van der Waals surface area contributed by atoms with E-state index in [1.807, 2.05) is 36.4 Å². The van der Waals surface area contributed by atoms with E-state index in [2.05, 4.69) is 50.2 Å². The van der Waals surface area contributed by atoms with E-state index >= 15 is 0 Å². The molecule has 75 heavy (non-hydrogen) atoms. The Labute approximate surface area is 449 Å². The summed E-state index contributed by atoms with van der Waals surface area (Å²) in [4.78, 5) is 42.7. The second-order valence-corrected chi connectivity index (χ2v) is 20.6. The molecule has 0 fully saturated rings. The first-order valence-corrected chi connectivity index (χ1v) is 29.6. The van der Waals surface area contributed by atoms with E-state index in [-0.39, 0.29) is 15.4 Å². The maximum absolute atomic E-state index is 6.72. The van der Waals surface area contributed by atoms with Gasteiger partial charge in [-0.2, -0.15) is 0 Å². The van der Waals surface area contributed by atoms with Crippen molar-refractivity contribution in [3.63, 3.8) is 0 Å². The van der Waals surface area contributed by atoms with Gasteiger partial charge in [-0.05, 0) is 12.8 Å². The van der Waals surface area contributed by atoms with E-state index in [9.17, 15) is 0 Å². The van der Waals surface area contributed by atoms with Crippen LogP contribution in [0.5, 0.6) is 34.5 Å². The fraction of sp³-hybridized carbons (Fsp3) is 0.517. The monoisotopic (exact) mass is 1090 g/mol. The number of benzene rings is 3. The molecule has 8 bridgehead atoms. The second kappa shape index (κ2) is 26.4. The normalized spacial score (nSPS) is 15.5. The van der Waals surface area contributed by atoms with Gasteiger partial charge in [-0.3, -0.25) is 0 Å². The summed E-state index contributed by atoms with van der Waals surface area (Å²) in [6, 6.07) is 11.8. The third kappa shape index (κ3) is 12.2. The van der Waals surface area contributed by atoms with Gasteiger partial charge in [0, 0.05) is 0 Å². The molecule has 9 rings (SSSR count). The maximum atomic E-state index is 6.72. The van der Waals surface area contributed by atoms with Gasteiger partial charge in [0.05, 0.1) is 13.2 Å². The molecule has 0 aromatic heterocycles. The van der Waals surface area contributed by atoms with Crippen molar-refractivity contribution in [3.05, 3.63) is 81.2 Å². The Kier molecular flexibility index (Phi) is 18.9. The summed E-state index contributed by atoms with van der Waals surface area (Å²) in [7, 11) is 0. The molecule has 0 saturated carbocycles. The molecule has 0 amide bonds. The molecule has 398 valence electrons. The Bertz CT molecular complexity index is 2860. The standard InChI is InChI=1S/C58H74N10O6Se/c1-7-13-19-31-69-37-25-26-38(70-32-20-14-8-2)44-43(37)51-59-52(44)61-54-46-40(72-34-22-16-10-4)28-30-42(74-36-24-18-12-6)48(46)56(63-54)65-58-50-49(67-75-68-50)57(66-58)64-55-47-41(73-35-23-17-11-5)29-27-39(71-33-21-15-9-3)45(47)53(60-51)62-55/h25-30,67-68H,7-24,31-36H2,1-6H3. The molecule has 6 aliphatic rings. The van der Waals surface area contributed by atoms with E-state index in [0.717, 1.165) is 127 Å². The molecule has 2 N–H and O–H groups in total. The SMILES string of the molecule is CCCCCOc1ccc(OCCCCC)c2c1C1=NC3=NC(=NC4=NC(=NC5=NC(=NC2=N1)c1c(OCCCCC)ccc(OCCCCC)c15)c1c(OCCCCC)ccc(OCCCCC)c14)C1=C3N[Se]N1. The Morgan fingerprint density at radius 1 is 0.280 bits per heavy atom. The van der Waals surface area contributed by atoms with Crippen LogP contribution >= 0.6 is 0 Å². The predicted molar refractivity (Wildman–Crippen MR) is 303 cm³/mol. The summed E-state index contributed by atoms with van der Waals surface area (Å²) >= 11 is -0.195. The van der Waals surface area contributed by atoms with Crippen molar-refractivity contribution in [3.8, 4) is 34.5 Å². The van der Waals surface area contributed by atoms with Crippen molar-refractivity contribution in [1.82, 2.24) is 8.67 Å².